The number of aliphatic hydroxyl groups is 2. The van der Waals surface area contributed by atoms with Gasteiger partial charge in [0.25, 0.3) is 0 Å². The fourth-order valence-electron chi connectivity index (χ4n) is 3.96. The minimum atomic E-state index is -0.957. The second kappa shape index (κ2) is 6.85. The van der Waals surface area contributed by atoms with Crippen LogP contribution < -0.4 is 10.2 Å². The molecule has 4 N–H and O–H groups in total. The van der Waals surface area contributed by atoms with Gasteiger partial charge in [-0.2, -0.15) is 0 Å². The van der Waals surface area contributed by atoms with E-state index in [4.69, 9.17) is 9.97 Å². The highest BCUT2D eigenvalue weighted by molar-refractivity contribution is 5.93. The summed E-state index contributed by atoms with van der Waals surface area (Å²) in [5.74, 6) is -0.146. The Labute approximate surface area is 162 Å². The first-order chi connectivity index (χ1) is 13.7. The third-order valence-corrected chi connectivity index (χ3v) is 5.44. The van der Waals surface area contributed by atoms with Crippen LogP contribution in [0.15, 0.2) is 36.4 Å². The number of anilines is 1. The van der Waals surface area contributed by atoms with E-state index in [1.807, 2.05) is 0 Å². The standard InChI is InChI=1S/C21H20N4O3/c26-21(27)15-2-4-17-18(12-15)24-20(25-7-9-28-10-8-25)19(23-17)14-1-3-16-13(11-14)5-6-22-16/h1-4,11-12,22H,5-10H2,(H,26,27)/p+2. The van der Waals surface area contributed by atoms with Gasteiger partial charge in [0, 0.05) is 17.5 Å². The smallest absolute Gasteiger partial charge is 0.335 e. The lowest BCUT2D eigenvalue weighted by Crippen LogP contribution is -2.75. The Morgan fingerprint density at radius 3 is 2.75 bits per heavy atom. The summed E-state index contributed by atoms with van der Waals surface area (Å²) in [6, 6.07) is 11.4. The summed E-state index contributed by atoms with van der Waals surface area (Å²) in [5.41, 5.74) is 6.10. The number of carboxylic acids is 1. The van der Waals surface area contributed by atoms with Crippen LogP contribution in [0.4, 0.5) is 11.5 Å². The number of hydrogen-bond acceptors (Lipinski definition) is 4. The molecule has 0 amide bonds. The molecule has 1 aromatic heterocycles. The number of quaternary nitrogens is 1. The van der Waals surface area contributed by atoms with Crippen LogP contribution >= 0.6 is 0 Å². The van der Waals surface area contributed by atoms with Gasteiger partial charge >= 0.3 is 5.97 Å². The van der Waals surface area contributed by atoms with Gasteiger partial charge in [0.2, 0.25) is 0 Å². The van der Waals surface area contributed by atoms with E-state index in [1.54, 1.807) is 18.2 Å². The second-order valence-electron chi connectivity index (χ2n) is 7.22. The topological polar surface area (TPSA) is 95.7 Å². The van der Waals surface area contributed by atoms with Gasteiger partial charge in [-0.05, 0) is 36.4 Å². The predicted octanol–water partition coefficient (Wildman–Crippen LogP) is 1.09. The Hall–Kier alpha value is -3.03. The van der Waals surface area contributed by atoms with E-state index < -0.39 is 5.97 Å². The molecule has 7 heteroatoms. The third kappa shape index (κ3) is 2.98. The van der Waals surface area contributed by atoms with Crippen molar-refractivity contribution < 1.29 is 20.0 Å². The largest absolute Gasteiger partial charge is 0.478 e. The van der Waals surface area contributed by atoms with Crippen LogP contribution in [-0.2, 0) is 6.42 Å². The molecule has 142 valence electrons. The van der Waals surface area contributed by atoms with Crippen molar-refractivity contribution in [2.24, 2.45) is 0 Å². The van der Waals surface area contributed by atoms with Gasteiger partial charge in [-0.25, -0.2) is 14.8 Å². The molecule has 0 atom stereocenters. The Morgan fingerprint density at radius 2 is 1.93 bits per heavy atom. The average Bonchev–Trinajstić information content (AvgIpc) is 3.21. The molecule has 0 bridgehead atoms. The summed E-state index contributed by atoms with van der Waals surface area (Å²) < 4.78 is 4.43. The molecule has 7 nitrogen and oxygen atoms in total. The lowest BCUT2D eigenvalue weighted by molar-refractivity contribution is -0.561. The summed E-state index contributed by atoms with van der Waals surface area (Å²) in [6.07, 6.45) is 1.06. The Balaban J connectivity index is 1.69. The zero-order valence-electron chi connectivity index (χ0n) is 15.4. The molecule has 1 fully saturated rings. The molecule has 0 unspecified atom stereocenters. The van der Waals surface area contributed by atoms with Crippen LogP contribution in [-0.4, -0.2) is 58.6 Å². The fourth-order valence-corrected chi connectivity index (χ4v) is 3.96. The van der Waals surface area contributed by atoms with Gasteiger partial charge in [-0.15, -0.1) is 0 Å². The first-order valence-electron chi connectivity index (χ1n) is 9.59. The number of benzene rings is 2. The minimum absolute atomic E-state index is 0.224. The molecular weight excluding hydrogens is 356 g/mol. The van der Waals surface area contributed by atoms with Gasteiger partial charge in [0.1, 0.15) is 11.4 Å². The van der Waals surface area contributed by atoms with Crippen molar-refractivity contribution >= 4 is 28.5 Å². The highest BCUT2D eigenvalue weighted by atomic mass is 16.5. The molecule has 0 spiro atoms. The quantitative estimate of drug-likeness (QED) is 0.526. The molecule has 3 heterocycles. The van der Waals surface area contributed by atoms with Gasteiger partial charge in [-0.1, -0.05) is 0 Å². The highest BCUT2D eigenvalue weighted by Gasteiger charge is 2.23. The Morgan fingerprint density at radius 1 is 1.07 bits per heavy atom. The Kier molecular flexibility index (Phi) is 4.18. The molecule has 5 rings (SSSR count). The van der Waals surface area contributed by atoms with Gasteiger partial charge in [0.05, 0.1) is 36.2 Å². The zero-order chi connectivity index (χ0) is 19.1. The maximum Gasteiger partial charge on any atom is 0.335 e. The molecule has 0 aliphatic carbocycles. The van der Waals surface area contributed by atoms with Gasteiger partial charge < -0.3 is 20.1 Å². The van der Waals surface area contributed by atoms with Gasteiger partial charge in [-0.3, -0.25) is 0 Å². The highest BCUT2D eigenvalue weighted by Crippen LogP contribution is 2.32. The van der Waals surface area contributed by atoms with Crippen LogP contribution in [0.2, 0.25) is 0 Å². The predicted molar refractivity (Wildman–Crippen MR) is 106 cm³/mol. The number of aromatic nitrogens is 2. The number of fused-ring (bicyclic) bond motifs is 2. The maximum absolute atomic E-state index is 11.4. The number of nitrogens with zero attached hydrogens (tertiary/aromatic N) is 3. The van der Waals surface area contributed by atoms with E-state index in [0.717, 1.165) is 56.3 Å². The molecular formula is C21H22N4O3+2. The third-order valence-electron chi connectivity index (χ3n) is 5.44. The minimum Gasteiger partial charge on any atom is -0.478 e. The number of ether oxygens (including phenoxy) is 1. The van der Waals surface area contributed by atoms with Crippen molar-refractivity contribution in [1.82, 2.24) is 9.97 Å². The van der Waals surface area contributed by atoms with E-state index >= 15 is 0 Å². The van der Waals surface area contributed by atoms with Crippen molar-refractivity contribution in [3.8, 4) is 11.3 Å². The molecule has 3 aromatic rings. The molecule has 1 saturated heterocycles. The molecule has 2 aliphatic rings. The number of nitrogens with two attached hydrogens (primary N) is 1. The van der Waals surface area contributed by atoms with Crippen molar-refractivity contribution in [3.05, 3.63) is 47.5 Å². The van der Waals surface area contributed by atoms with E-state index in [2.05, 4.69) is 33.2 Å². The number of morpholine rings is 1. The van der Waals surface area contributed by atoms with E-state index in [-0.39, 0.29) is 5.56 Å². The number of hydrogen-bond donors (Lipinski definition) is 2. The van der Waals surface area contributed by atoms with Gasteiger partial charge in [0.15, 0.2) is 19.0 Å². The SMILES string of the molecule is O=C(O)c1ccc2nc(-c3ccc4c(c3)CC[NH2+]4)c(N3CC[OH+]CC3)nc2c1. The Bertz CT molecular complexity index is 1080. The molecule has 0 radical (unpaired) electrons. The number of rotatable bonds is 3. The van der Waals surface area contributed by atoms with Crippen LogP contribution in [0.1, 0.15) is 15.9 Å². The first-order valence-corrected chi connectivity index (χ1v) is 9.59. The molecule has 28 heavy (non-hydrogen) atoms. The number of carbonyl (C=O) groups is 1. The average molecular weight is 378 g/mol. The lowest BCUT2D eigenvalue weighted by atomic mass is 10.0. The van der Waals surface area contributed by atoms with Crippen molar-refractivity contribution in [1.29, 1.82) is 0 Å². The summed E-state index contributed by atoms with van der Waals surface area (Å²) in [4.78, 5) is 23.3. The summed E-state index contributed by atoms with van der Waals surface area (Å²) in [5, 5.41) is 11.6. The molecule has 2 aromatic carbocycles. The van der Waals surface area contributed by atoms with Crippen LogP contribution in [0.5, 0.6) is 0 Å². The molecule has 2 aliphatic heterocycles. The van der Waals surface area contributed by atoms with Crippen molar-refractivity contribution in [2.75, 3.05) is 37.7 Å². The van der Waals surface area contributed by atoms with Crippen molar-refractivity contribution in [2.45, 2.75) is 6.42 Å². The van der Waals surface area contributed by atoms with E-state index in [1.165, 1.54) is 11.3 Å². The van der Waals surface area contributed by atoms with Crippen LogP contribution in [0, 0.1) is 0 Å². The zero-order valence-corrected chi connectivity index (χ0v) is 15.4. The first kappa shape index (κ1) is 17.1. The maximum atomic E-state index is 11.4. The summed E-state index contributed by atoms with van der Waals surface area (Å²) in [6.45, 7) is 4.22. The lowest BCUT2D eigenvalue weighted by Gasteiger charge is -2.27. The van der Waals surface area contributed by atoms with Crippen LogP contribution in [0.25, 0.3) is 22.3 Å². The van der Waals surface area contributed by atoms with E-state index in [9.17, 15) is 9.90 Å². The second-order valence-corrected chi connectivity index (χ2v) is 7.22. The normalized spacial score (nSPS) is 16.4. The van der Waals surface area contributed by atoms with Crippen LogP contribution in [0.3, 0.4) is 0 Å². The van der Waals surface area contributed by atoms with Crippen molar-refractivity contribution in [3.63, 3.8) is 0 Å². The molecule has 0 saturated carbocycles. The summed E-state index contributed by atoms with van der Waals surface area (Å²) in [7, 11) is 0. The number of aromatic carboxylic acids is 1. The number of carboxylic acid groups (broad SMARTS) is 1. The summed E-state index contributed by atoms with van der Waals surface area (Å²) >= 11 is 0. The van der Waals surface area contributed by atoms with E-state index in [0.29, 0.717) is 11.0 Å². The monoisotopic (exact) mass is 378 g/mol. The fraction of sp³-hybridized carbons (Fsp3) is 0.286.